The van der Waals surface area contributed by atoms with Crippen LogP contribution in [0.1, 0.15) is 24.0 Å². The maximum absolute atomic E-state index is 6.01. The topological polar surface area (TPSA) is 30.5 Å². The predicted molar refractivity (Wildman–Crippen MR) is 78.3 cm³/mol. The van der Waals surface area contributed by atoms with Crippen molar-refractivity contribution in [1.29, 1.82) is 0 Å². The molecule has 0 spiro atoms. The van der Waals surface area contributed by atoms with E-state index in [4.69, 9.17) is 21.1 Å². The standard InChI is InChI=1S/C15H22ClNO2/c1-11-9-13(16)10-12(2)15(11)19-8-5-17-14-3-6-18-7-4-14/h9-10,14,17H,3-8H2,1-2H3. The molecule has 3 nitrogen and oxygen atoms in total. The first-order valence-corrected chi connectivity index (χ1v) is 7.25. The molecule has 0 saturated carbocycles. The zero-order valence-electron chi connectivity index (χ0n) is 11.7. The van der Waals surface area contributed by atoms with Gasteiger partial charge in [0.25, 0.3) is 0 Å². The predicted octanol–water partition coefficient (Wildman–Crippen LogP) is 3.10. The number of rotatable bonds is 5. The van der Waals surface area contributed by atoms with Gasteiger partial charge in [0.05, 0.1) is 0 Å². The lowest BCUT2D eigenvalue weighted by molar-refractivity contribution is 0.0770. The van der Waals surface area contributed by atoms with E-state index in [0.29, 0.717) is 12.6 Å². The Hall–Kier alpha value is -0.770. The van der Waals surface area contributed by atoms with Gasteiger partial charge in [-0.1, -0.05) is 11.6 Å². The Balaban J connectivity index is 1.76. The summed E-state index contributed by atoms with van der Waals surface area (Å²) in [5.74, 6) is 0.957. The highest BCUT2D eigenvalue weighted by Gasteiger charge is 2.12. The molecule has 0 aromatic heterocycles. The number of nitrogens with one attached hydrogen (secondary N) is 1. The summed E-state index contributed by atoms with van der Waals surface area (Å²) in [7, 11) is 0. The lowest BCUT2D eigenvalue weighted by Gasteiger charge is -2.23. The molecule has 1 aliphatic heterocycles. The van der Waals surface area contributed by atoms with Crippen LogP contribution in [0, 0.1) is 13.8 Å². The minimum atomic E-state index is 0.574. The summed E-state index contributed by atoms with van der Waals surface area (Å²) in [5.41, 5.74) is 2.19. The van der Waals surface area contributed by atoms with E-state index in [9.17, 15) is 0 Å². The second-order valence-corrected chi connectivity index (χ2v) is 5.49. The molecule has 4 heteroatoms. The van der Waals surface area contributed by atoms with E-state index in [-0.39, 0.29) is 0 Å². The van der Waals surface area contributed by atoms with Gasteiger partial charge in [0.2, 0.25) is 0 Å². The molecule has 1 saturated heterocycles. The van der Waals surface area contributed by atoms with Crippen LogP contribution in [0.15, 0.2) is 12.1 Å². The summed E-state index contributed by atoms with van der Waals surface area (Å²) in [5, 5.41) is 4.28. The van der Waals surface area contributed by atoms with Gasteiger partial charge < -0.3 is 14.8 Å². The molecule has 1 aromatic rings. The zero-order chi connectivity index (χ0) is 13.7. The van der Waals surface area contributed by atoms with Crippen LogP contribution in [0.25, 0.3) is 0 Å². The first-order chi connectivity index (χ1) is 9.16. The normalized spacial score (nSPS) is 16.6. The van der Waals surface area contributed by atoms with Crippen LogP contribution in [0.5, 0.6) is 5.75 Å². The third-order valence-corrected chi connectivity index (χ3v) is 3.65. The summed E-state index contributed by atoms with van der Waals surface area (Å²) in [6, 6.07) is 4.45. The third kappa shape index (κ3) is 4.37. The number of hydrogen-bond acceptors (Lipinski definition) is 3. The van der Waals surface area contributed by atoms with Gasteiger partial charge in [-0.2, -0.15) is 0 Å². The third-order valence-electron chi connectivity index (χ3n) is 3.43. The maximum Gasteiger partial charge on any atom is 0.125 e. The lowest BCUT2D eigenvalue weighted by atomic mass is 10.1. The largest absolute Gasteiger partial charge is 0.492 e. The second kappa shape index (κ2) is 7.13. The second-order valence-electron chi connectivity index (χ2n) is 5.06. The van der Waals surface area contributed by atoms with Gasteiger partial charge in [-0.3, -0.25) is 0 Å². The highest BCUT2D eigenvalue weighted by molar-refractivity contribution is 6.30. The first-order valence-electron chi connectivity index (χ1n) is 6.87. The van der Waals surface area contributed by atoms with E-state index < -0.39 is 0 Å². The molecule has 2 rings (SSSR count). The fraction of sp³-hybridized carbons (Fsp3) is 0.600. The molecule has 106 valence electrons. The molecular weight excluding hydrogens is 262 g/mol. The first kappa shape index (κ1) is 14.6. The highest BCUT2D eigenvalue weighted by atomic mass is 35.5. The van der Waals surface area contributed by atoms with Crippen LogP contribution in [-0.2, 0) is 4.74 Å². The van der Waals surface area contributed by atoms with Gasteiger partial charge in [-0.25, -0.2) is 0 Å². The molecule has 0 radical (unpaired) electrons. The summed E-state index contributed by atoms with van der Waals surface area (Å²) >= 11 is 6.01. The van der Waals surface area contributed by atoms with E-state index in [1.807, 2.05) is 26.0 Å². The molecule has 19 heavy (non-hydrogen) atoms. The number of hydrogen-bond donors (Lipinski definition) is 1. The molecule has 1 N–H and O–H groups in total. The zero-order valence-corrected chi connectivity index (χ0v) is 12.4. The Morgan fingerprint density at radius 2 is 1.89 bits per heavy atom. The fourth-order valence-electron chi connectivity index (χ4n) is 2.44. The molecular formula is C15H22ClNO2. The van der Waals surface area contributed by atoms with E-state index >= 15 is 0 Å². The minimum absolute atomic E-state index is 0.574. The van der Waals surface area contributed by atoms with Crippen molar-refractivity contribution in [3.63, 3.8) is 0 Å². The van der Waals surface area contributed by atoms with Crippen LogP contribution in [0.2, 0.25) is 5.02 Å². The van der Waals surface area contributed by atoms with Gasteiger partial charge in [0, 0.05) is 30.8 Å². The van der Waals surface area contributed by atoms with Crippen molar-refractivity contribution in [2.45, 2.75) is 32.7 Å². The molecule has 1 aliphatic rings. The summed E-state index contributed by atoms with van der Waals surface area (Å²) in [6.07, 6.45) is 2.19. The average Bonchev–Trinajstić information content (AvgIpc) is 2.38. The molecule has 1 heterocycles. The summed E-state index contributed by atoms with van der Waals surface area (Å²) in [6.45, 7) is 7.34. The SMILES string of the molecule is Cc1cc(Cl)cc(C)c1OCCNC1CCOCC1. The van der Waals surface area contributed by atoms with Crippen molar-refractivity contribution < 1.29 is 9.47 Å². The van der Waals surface area contributed by atoms with Crippen LogP contribution >= 0.6 is 11.6 Å². The van der Waals surface area contributed by atoms with E-state index in [2.05, 4.69) is 5.32 Å². The lowest BCUT2D eigenvalue weighted by Crippen LogP contribution is -2.37. The summed E-state index contributed by atoms with van der Waals surface area (Å²) < 4.78 is 11.2. The Morgan fingerprint density at radius 3 is 2.53 bits per heavy atom. The van der Waals surface area contributed by atoms with Gasteiger partial charge in [0.15, 0.2) is 0 Å². The maximum atomic E-state index is 6.01. The Kier molecular flexibility index (Phi) is 5.49. The summed E-state index contributed by atoms with van der Waals surface area (Å²) in [4.78, 5) is 0. The van der Waals surface area contributed by atoms with E-state index in [0.717, 1.165) is 54.5 Å². The van der Waals surface area contributed by atoms with Gasteiger partial charge in [0.1, 0.15) is 12.4 Å². The average molecular weight is 284 g/mol. The van der Waals surface area contributed by atoms with Crippen LogP contribution in [-0.4, -0.2) is 32.4 Å². The molecule has 1 aromatic carbocycles. The van der Waals surface area contributed by atoms with Crippen LogP contribution < -0.4 is 10.1 Å². The van der Waals surface area contributed by atoms with Crippen LogP contribution in [0.4, 0.5) is 0 Å². The van der Waals surface area contributed by atoms with E-state index in [1.165, 1.54) is 0 Å². The number of benzene rings is 1. The number of aryl methyl sites for hydroxylation is 2. The Labute approximate surface area is 120 Å². The van der Waals surface area contributed by atoms with Gasteiger partial charge in [-0.15, -0.1) is 0 Å². The van der Waals surface area contributed by atoms with Gasteiger partial charge >= 0.3 is 0 Å². The van der Waals surface area contributed by atoms with Gasteiger partial charge in [-0.05, 0) is 49.9 Å². The van der Waals surface area contributed by atoms with Crippen molar-refractivity contribution in [3.05, 3.63) is 28.3 Å². The minimum Gasteiger partial charge on any atom is -0.492 e. The van der Waals surface area contributed by atoms with Crippen LogP contribution in [0.3, 0.4) is 0 Å². The Bertz CT molecular complexity index is 394. The highest BCUT2D eigenvalue weighted by Crippen LogP contribution is 2.26. The number of ether oxygens (including phenoxy) is 2. The van der Waals surface area contributed by atoms with Crippen molar-refractivity contribution in [2.24, 2.45) is 0 Å². The molecule has 1 fully saturated rings. The monoisotopic (exact) mass is 283 g/mol. The smallest absolute Gasteiger partial charge is 0.125 e. The molecule has 0 atom stereocenters. The Morgan fingerprint density at radius 1 is 1.26 bits per heavy atom. The quantitative estimate of drug-likeness (QED) is 0.843. The van der Waals surface area contributed by atoms with Crippen molar-refractivity contribution in [1.82, 2.24) is 5.32 Å². The molecule has 0 unspecified atom stereocenters. The van der Waals surface area contributed by atoms with Crippen molar-refractivity contribution in [3.8, 4) is 5.75 Å². The van der Waals surface area contributed by atoms with Crippen molar-refractivity contribution >= 4 is 11.6 Å². The number of halogens is 1. The molecule has 0 aliphatic carbocycles. The van der Waals surface area contributed by atoms with Crippen molar-refractivity contribution in [2.75, 3.05) is 26.4 Å². The molecule has 0 amide bonds. The fourth-order valence-corrected chi connectivity index (χ4v) is 2.77. The van der Waals surface area contributed by atoms with E-state index in [1.54, 1.807) is 0 Å². The molecule has 0 bridgehead atoms.